The molecule has 2 aromatic rings. The maximum atomic E-state index is 13.8. The van der Waals surface area contributed by atoms with Gasteiger partial charge in [0.05, 0.1) is 10.6 Å². The molecule has 0 aliphatic carbocycles. The highest BCUT2D eigenvalue weighted by atomic mass is 35.5. The molecule has 0 atom stereocenters. The zero-order chi connectivity index (χ0) is 13.4. The fourth-order valence-electron chi connectivity index (χ4n) is 1.67. The minimum Gasteiger partial charge on any atom is -0.298 e. The summed E-state index contributed by atoms with van der Waals surface area (Å²) in [4.78, 5) is 0. The van der Waals surface area contributed by atoms with Gasteiger partial charge in [0, 0.05) is 6.04 Å². The highest BCUT2D eigenvalue weighted by Gasteiger charge is 2.17. The fraction of sp³-hybridized carbons (Fsp3) is 0.273. The SMILES string of the molecule is CC(C)n1c(-c2cc(F)c(Cl)cc2F)n[nH]c1=S. The lowest BCUT2D eigenvalue weighted by atomic mass is 10.2. The molecule has 3 nitrogen and oxygen atoms in total. The van der Waals surface area contributed by atoms with Crippen LogP contribution in [0.5, 0.6) is 0 Å². The number of aromatic nitrogens is 3. The van der Waals surface area contributed by atoms with E-state index < -0.39 is 11.6 Å². The molecule has 1 aromatic heterocycles. The molecule has 7 heteroatoms. The number of halogens is 3. The Morgan fingerprint density at radius 1 is 1.33 bits per heavy atom. The first kappa shape index (κ1) is 13.2. The summed E-state index contributed by atoms with van der Waals surface area (Å²) in [6.45, 7) is 3.75. The summed E-state index contributed by atoms with van der Waals surface area (Å²) in [5, 5.41) is 6.24. The number of benzene rings is 1. The van der Waals surface area contributed by atoms with Crippen molar-refractivity contribution >= 4 is 23.8 Å². The lowest BCUT2D eigenvalue weighted by Gasteiger charge is -2.11. The van der Waals surface area contributed by atoms with Crippen LogP contribution in [0.1, 0.15) is 19.9 Å². The summed E-state index contributed by atoms with van der Waals surface area (Å²) < 4.78 is 29.2. The van der Waals surface area contributed by atoms with E-state index in [1.54, 1.807) is 4.57 Å². The molecule has 96 valence electrons. The Kier molecular flexibility index (Phi) is 3.49. The lowest BCUT2D eigenvalue weighted by molar-refractivity contribution is 0.582. The van der Waals surface area contributed by atoms with Gasteiger partial charge in [0.2, 0.25) is 0 Å². The quantitative estimate of drug-likeness (QED) is 0.666. The third kappa shape index (κ3) is 2.18. The topological polar surface area (TPSA) is 33.6 Å². The monoisotopic (exact) mass is 289 g/mol. The molecule has 1 aromatic carbocycles. The van der Waals surface area contributed by atoms with Gasteiger partial charge in [-0.1, -0.05) is 11.6 Å². The summed E-state index contributed by atoms with van der Waals surface area (Å²) in [6.07, 6.45) is 0. The maximum Gasteiger partial charge on any atom is 0.195 e. The first-order valence-electron chi connectivity index (χ1n) is 5.23. The normalized spacial score (nSPS) is 11.2. The van der Waals surface area contributed by atoms with Crippen molar-refractivity contribution in [3.63, 3.8) is 0 Å². The molecule has 1 N–H and O–H groups in total. The molecular weight excluding hydrogens is 280 g/mol. The van der Waals surface area contributed by atoms with Crippen LogP contribution in [-0.2, 0) is 0 Å². The van der Waals surface area contributed by atoms with Crippen molar-refractivity contribution in [1.82, 2.24) is 14.8 Å². The van der Waals surface area contributed by atoms with Gasteiger partial charge in [0.15, 0.2) is 10.6 Å². The van der Waals surface area contributed by atoms with Crippen molar-refractivity contribution in [3.05, 3.63) is 33.6 Å². The van der Waals surface area contributed by atoms with Crippen LogP contribution in [0.2, 0.25) is 5.02 Å². The Hall–Kier alpha value is -1.27. The van der Waals surface area contributed by atoms with Gasteiger partial charge < -0.3 is 0 Å². The summed E-state index contributed by atoms with van der Waals surface area (Å²) in [5.74, 6) is -1.09. The smallest absolute Gasteiger partial charge is 0.195 e. The number of nitrogens with one attached hydrogen (secondary N) is 1. The molecule has 0 amide bonds. The van der Waals surface area contributed by atoms with Crippen molar-refractivity contribution in [2.45, 2.75) is 19.9 Å². The van der Waals surface area contributed by atoms with E-state index in [9.17, 15) is 8.78 Å². The van der Waals surface area contributed by atoms with Crippen LogP contribution in [0.15, 0.2) is 12.1 Å². The van der Waals surface area contributed by atoms with Crippen molar-refractivity contribution in [2.24, 2.45) is 0 Å². The number of hydrogen-bond donors (Lipinski definition) is 1. The predicted octanol–water partition coefficient (Wildman–Crippen LogP) is 4.12. The molecule has 0 unspecified atom stereocenters. The van der Waals surface area contributed by atoms with Crippen LogP contribution in [0, 0.1) is 16.4 Å². The molecule has 0 saturated carbocycles. The highest BCUT2D eigenvalue weighted by Crippen LogP contribution is 2.28. The van der Waals surface area contributed by atoms with E-state index in [1.165, 1.54) is 0 Å². The standard InChI is InChI=1S/C11H10ClF2N3S/c1-5(2)17-10(15-16-11(17)18)6-3-9(14)7(12)4-8(6)13/h3-5H,1-2H3,(H,16,18). The second-order valence-corrected chi connectivity index (χ2v) is 4.86. The molecule has 0 fully saturated rings. The molecule has 0 radical (unpaired) electrons. The molecule has 18 heavy (non-hydrogen) atoms. The third-order valence-corrected chi connectivity index (χ3v) is 3.05. The predicted molar refractivity (Wildman–Crippen MR) is 68.2 cm³/mol. The van der Waals surface area contributed by atoms with Crippen molar-refractivity contribution < 1.29 is 8.78 Å². The van der Waals surface area contributed by atoms with Gasteiger partial charge in [-0.3, -0.25) is 9.67 Å². The van der Waals surface area contributed by atoms with Crippen LogP contribution >= 0.6 is 23.8 Å². The Labute approximate surface area is 112 Å². The Morgan fingerprint density at radius 3 is 2.61 bits per heavy atom. The zero-order valence-electron chi connectivity index (χ0n) is 9.67. The second-order valence-electron chi connectivity index (χ2n) is 4.06. The molecule has 0 spiro atoms. The molecule has 0 bridgehead atoms. The van der Waals surface area contributed by atoms with Crippen molar-refractivity contribution in [2.75, 3.05) is 0 Å². The van der Waals surface area contributed by atoms with E-state index in [4.69, 9.17) is 23.8 Å². The summed E-state index contributed by atoms with van der Waals surface area (Å²) >= 11 is 10.6. The Balaban J connectivity index is 2.70. The second kappa shape index (κ2) is 4.78. The van der Waals surface area contributed by atoms with E-state index >= 15 is 0 Å². The Bertz CT molecular complexity index is 648. The van der Waals surface area contributed by atoms with Crippen LogP contribution in [0.25, 0.3) is 11.4 Å². The average Bonchev–Trinajstić information content (AvgIpc) is 2.65. The van der Waals surface area contributed by atoms with Gasteiger partial charge >= 0.3 is 0 Å². The van der Waals surface area contributed by atoms with E-state index in [0.717, 1.165) is 12.1 Å². The van der Waals surface area contributed by atoms with Gasteiger partial charge in [-0.15, -0.1) is 0 Å². The molecule has 0 aliphatic heterocycles. The maximum absolute atomic E-state index is 13.8. The van der Waals surface area contributed by atoms with E-state index in [-0.39, 0.29) is 22.5 Å². The first-order valence-corrected chi connectivity index (χ1v) is 6.02. The fourth-order valence-corrected chi connectivity index (χ4v) is 2.16. The van der Waals surface area contributed by atoms with Crippen LogP contribution < -0.4 is 0 Å². The number of aromatic amines is 1. The van der Waals surface area contributed by atoms with Crippen molar-refractivity contribution in [3.8, 4) is 11.4 Å². The average molecular weight is 290 g/mol. The van der Waals surface area contributed by atoms with Crippen LogP contribution in [0.4, 0.5) is 8.78 Å². The minimum atomic E-state index is -0.697. The summed E-state index contributed by atoms with van der Waals surface area (Å²) in [7, 11) is 0. The number of H-pyrrole nitrogens is 1. The first-order chi connectivity index (χ1) is 8.41. The highest BCUT2D eigenvalue weighted by molar-refractivity contribution is 7.71. The van der Waals surface area contributed by atoms with Crippen LogP contribution in [0.3, 0.4) is 0 Å². The van der Waals surface area contributed by atoms with Gasteiger partial charge in [-0.05, 0) is 38.2 Å². The number of nitrogens with zero attached hydrogens (tertiary/aromatic N) is 2. The van der Waals surface area contributed by atoms with E-state index in [2.05, 4.69) is 10.2 Å². The van der Waals surface area contributed by atoms with Gasteiger partial charge in [0.1, 0.15) is 11.6 Å². The summed E-state index contributed by atoms with van der Waals surface area (Å²) in [6, 6.07) is 1.92. The minimum absolute atomic E-state index is 0.0237. The van der Waals surface area contributed by atoms with Gasteiger partial charge in [-0.25, -0.2) is 8.78 Å². The van der Waals surface area contributed by atoms with Gasteiger partial charge in [0.25, 0.3) is 0 Å². The number of hydrogen-bond acceptors (Lipinski definition) is 2. The van der Waals surface area contributed by atoms with Crippen molar-refractivity contribution in [1.29, 1.82) is 0 Å². The third-order valence-electron chi connectivity index (χ3n) is 2.47. The van der Waals surface area contributed by atoms with Gasteiger partial charge in [-0.2, -0.15) is 5.10 Å². The Morgan fingerprint density at radius 2 is 2.00 bits per heavy atom. The molecule has 2 rings (SSSR count). The van der Waals surface area contributed by atoms with E-state index in [0.29, 0.717) is 4.77 Å². The van der Waals surface area contributed by atoms with Crippen LogP contribution in [-0.4, -0.2) is 14.8 Å². The summed E-state index contributed by atoms with van der Waals surface area (Å²) in [5.41, 5.74) is 0.0259. The zero-order valence-corrected chi connectivity index (χ0v) is 11.2. The number of rotatable bonds is 2. The molecule has 0 aliphatic rings. The molecule has 0 saturated heterocycles. The molecule has 1 heterocycles. The van der Waals surface area contributed by atoms with E-state index in [1.807, 2.05) is 13.8 Å². The largest absolute Gasteiger partial charge is 0.298 e. The lowest BCUT2D eigenvalue weighted by Crippen LogP contribution is -2.04. The molecular formula is C11H10ClF2N3S.